The van der Waals surface area contributed by atoms with Crippen molar-refractivity contribution in [1.29, 1.82) is 0 Å². The van der Waals surface area contributed by atoms with Crippen LogP contribution in [0.25, 0.3) is 0 Å². The van der Waals surface area contributed by atoms with Gasteiger partial charge in [-0.3, -0.25) is 9.59 Å². The molecule has 0 saturated heterocycles. The van der Waals surface area contributed by atoms with Crippen LogP contribution in [0.4, 0.5) is 0 Å². The molecule has 3 atom stereocenters. The van der Waals surface area contributed by atoms with E-state index in [1.54, 1.807) is 0 Å². The van der Waals surface area contributed by atoms with Gasteiger partial charge >= 0.3 is 5.97 Å². The molecule has 0 aliphatic carbocycles. The van der Waals surface area contributed by atoms with E-state index in [0.29, 0.717) is 19.3 Å². The Bertz CT molecular complexity index is 1090. The molecule has 0 fully saturated rings. The third-order valence-corrected chi connectivity index (χ3v) is 11.7. The molecular weight excluding hydrogens is 755 g/mol. The van der Waals surface area contributed by atoms with Gasteiger partial charge in [0, 0.05) is 6.42 Å². The standard InChI is InChI=1S/C55H99NO5/c1-4-7-10-13-16-19-22-25-26-27-30-32-35-38-41-44-47-53(58)52(50-57)56-54(59)49-51(46-43-40-37-34-31-28-23-20-17-14-11-8-5-2)61-55(60)48-45-42-39-36-33-29-24-21-18-15-12-9-6-3/h8,11,14,17,20,23,28,31,34,37,51-53,57-58H,4-7,9-10,12-13,15-16,18-19,21-22,24-27,29-30,32-33,35-36,38-50H2,1-3H3,(H,56,59)/b11-8+,17-14+,23-20-,31-28-,37-34+. The average molecular weight is 854 g/mol. The molecule has 0 aromatic carbocycles. The summed E-state index contributed by atoms with van der Waals surface area (Å²) in [6.07, 6.45) is 60.0. The Morgan fingerprint density at radius 1 is 0.492 bits per heavy atom. The number of amides is 1. The first kappa shape index (κ1) is 58.6. The van der Waals surface area contributed by atoms with Gasteiger partial charge in [0.25, 0.3) is 0 Å². The zero-order valence-corrected chi connectivity index (χ0v) is 40.3. The number of esters is 1. The van der Waals surface area contributed by atoms with Crippen molar-refractivity contribution in [1.82, 2.24) is 5.32 Å². The number of allylic oxidation sites excluding steroid dienone is 10. The summed E-state index contributed by atoms with van der Waals surface area (Å²) in [5, 5.41) is 23.8. The van der Waals surface area contributed by atoms with Crippen LogP contribution in [0.15, 0.2) is 60.8 Å². The van der Waals surface area contributed by atoms with Gasteiger partial charge in [-0.25, -0.2) is 0 Å². The van der Waals surface area contributed by atoms with Crippen LogP contribution in [-0.4, -0.2) is 46.9 Å². The number of aliphatic hydroxyl groups is 2. The molecule has 354 valence electrons. The van der Waals surface area contributed by atoms with E-state index in [1.807, 2.05) is 48.6 Å². The number of unbranched alkanes of at least 4 members (excludes halogenated alkanes) is 28. The third-order valence-electron chi connectivity index (χ3n) is 11.7. The highest BCUT2D eigenvalue weighted by Crippen LogP contribution is 2.18. The molecular formula is C55H99NO5. The first-order valence-corrected chi connectivity index (χ1v) is 26.1. The second-order valence-electron chi connectivity index (χ2n) is 17.7. The number of ether oxygens (including phenoxy) is 1. The van der Waals surface area contributed by atoms with Crippen LogP contribution < -0.4 is 5.32 Å². The molecule has 6 heteroatoms. The lowest BCUT2D eigenvalue weighted by molar-refractivity contribution is -0.151. The fourth-order valence-corrected chi connectivity index (χ4v) is 7.81. The van der Waals surface area contributed by atoms with Crippen molar-refractivity contribution in [3.05, 3.63) is 60.8 Å². The largest absolute Gasteiger partial charge is 0.462 e. The molecule has 0 aliphatic rings. The fourth-order valence-electron chi connectivity index (χ4n) is 7.81. The molecule has 3 N–H and O–H groups in total. The molecule has 0 aromatic rings. The van der Waals surface area contributed by atoms with Crippen LogP contribution in [0, 0.1) is 0 Å². The lowest BCUT2D eigenvalue weighted by Crippen LogP contribution is -2.46. The molecule has 3 unspecified atom stereocenters. The van der Waals surface area contributed by atoms with Gasteiger partial charge in [0.1, 0.15) is 6.10 Å². The summed E-state index contributed by atoms with van der Waals surface area (Å²) in [4.78, 5) is 26.1. The molecule has 0 aromatic heterocycles. The van der Waals surface area contributed by atoms with Crippen LogP contribution in [0.3, 0.4) is 0 Å². The maximum Gasteiger partial charge on any atom is 0.306 e. The molecule has 61 heavy (non-hydrogen) atoms. The first-order chi connectivity index (χ1) is 30.0. The smallest absolute Gasteiger partial charge is 0.306 e. The van der Waals surface area contributed by atoms with Crippen molar-refractivity contribution in [3.63, 3.8) is 0 Å². The highest BCUT2D eigenvalue weighted by Gasteiger charge is 2.24. The Morgan fingerprint density at radius 3 is 1.31 bits per heavy atom. The minimum atomic E-state index is -0.806. The minimum absolute atomic E-state index is 0.0297. The van der Waals surface area contributed by atoms with E-state index < -0.39 is 18.2 Å². The van der Waals surface area contributed by atoms with E-state index in [-0.39, 0.29) is 24.9 Å². The Kier molecular flexibility index (Phi) is 46.6. The predicted octanol–water partition coefficient (Wildman–Crippen LogP) is 15.6. The Labute approximate surface area is 378 Å². The summed E-state index contributed by atoms with van der Waals surface area (Å²) in [5.41, 5.74) is 0. The highest BCUT2D eigenvalue weighted by atomic mass is 16.5. The van der Waals surface area contributed by atoms with Crippen LogP contribution in [-0.2, 0) is 14.3 Å². The van der Waals surface area contributed by atoms with Crippen molar-refractivity contribution in [2.45, 2.75) is 270 Å². The molecule has 1 amide bonds. The lowest BCUT2D eigenvalue weighted by Gasteiger charge is -2.24. The molecule has 0 radical (unpaired) electrons. The first-order valence-electron chi connectivity index (χ1n) is 26.1. The zero-order chi connectivity index (χ0) is 44.5. The molecule has 6 nitrogen and oxygen atoms in total. The molecule has 0 aliphatic heterocycles. The number of carbonyl (C=O) groups excluding carboxylic acids is 2. The van der Waals surface area contributed by atoms with Crippen molar-refractivity contribution < 1.29 is 24.5 Å². The van der Waals surface area contributed by atoms with Crippen LogP contribution in [0.5, 0.6) is 0 Å². The molecule has 0 heterocycles. The molecule has 0 rings (SSSR count). The number of hydrogen-bond donors (Lipinski definition) is 3. The van der Waals surface area contributed by atoms with Gasteiger partial charge in [0.2, 0.25) is 5.91 Å². The van der Waals surface area contributed by atoms with Crippen molar-refractivity contribution in [2.75, 3.05) is 6.61 Å². The van der Waals surface area contributed by atoms with Gasteiger partial charge in [-0.1, -0.05) is 261 Å². The average Bonchev–Trinajstić information content (AvgIpc) is 3.25. The molecule has 0 saturated carbocycles. The van der Waals surface area contributed by atoms with E-state index in [4.69, 9.17) is 4.74 Å². The predicted molar refractivity (Wildman–Crippen MR) is 264 cm³/mol. The summed E-state index contributed by atoms with van der Waals surface area (Å²) >= 11 is 0. The molecule has 0 bridgehead atoms. The van der Waals surface area contributed by atoms with Gasteiger partial charge in [-0.15, -0.1) is 0 Å². The summed E-state index contributed by atoms with van der Waals surface area (Å²) in [6.45, 7) is 6.33. The van der Waals surface area contributed by atoms with E-state index >= 15 is 0 Å². The maximum absolute atomic E-state index is 13.2. The van der Waals surface area contributed by atoms with E-state index in [2.05, 4.69) is 38.2 Å². The molecule has 0 spiro atoms. The Morgan fingerprint density at radius 2 is 0.885 bits per heavy atom. The van der Waals surface area contributed by atoms with Gasteiger partial charge in [-0.05, 0) is 38.5 Å². The van der Waals surface area contributed by atoms with E-state index in [1.165, 1.54) is 148 Å². The third kappa shape index (κ3) is 44.0. The topological polar surface area (TPSA) is 95.9 Å². The van der Waals surface area contributed by atoms with Crippen LogP contribution in [0.2, 0.25) is 0 Å². The quantitative estimate of drug-likeness (QED) is 0.0322. The van der Waals surface area contributed by atoms with E-state index in [0.717, 1.165) is 57.8 Å². The normalized spacial score (nSPS) is 13.7. The number of carbonyl (C=O) groups is 2. The SMILES string of the molecule is CC/C=C/C=C/C=C\C=C/C=C/CCCC(CC(=O)NC(CO)C(O)CCCCCCCCCCCCCCCCCC)OC(=O)CCCCCCCCCCCCCCC. The van der Waals surface area contributed by atoms with Gasteiger partial charge in [0.05, 0.1) is 25.2 Å². The van der Waals surface area contributed by atoms with Gasteiger partial charge < -0.3 is 20.3 Å². The zero-order valence-electron chi connectivity index (χ0n) is 40.3. The van der Waals surface area contributed by atoms with Crippen molar-refractivity contribution in [2.24, 2.45) is 0 Å². The van der Waals surface area contributed by atoms with Gasteiger partial charge in [0.15, 0.2) is 0 Å². The lowest BCUT2D eigenvalue weighted by atomic mass is 10.0. The Balaban J connectivity index is 4.61. The number of aliphatic hydroxyl groups excluding tert-OH is 2. The summed E-state index contributed by atoms with van der Waals surface area (Å²) in [7, 11) is 0. The van der Waals surface area contributed by atoms with Gasteiger partial charge in [-0.2, -0.15) is 0 Å². The summed E-state index contributed by atoms with van der Waals surface area (Å²) < 4.78 is 5.89. The van der Waals surface area contributed by atoms with Crippen LogP contribution in [0.1, 0.15) is 252 Å². The summed E-state index contributed by atoms with van der Waals surface area (Å²) in [5.74, 6) is -0.541. The monoisotopic (exact) mass is 854 g/mol. The Hall–Kier alpha value is -2.44. The van der Waals surface area contributed by atoms with Crippen molar-refractivity contribution >= 4 is 11.9 Å². The highest BCUT2D eigenvalue weighted by molar-refractivity contribution is 5.77. The maximum atomic E-state index is 13.2. The number of nitrogens with one attached hydrogen (secondary N) is 1. The fraction of sp³-hybridized carbons (Fsp3) is 0.782. The second-order valence-corrected chi connectivity index (χ2v) is 17.7. The van der Waals surface area contributed by atoms with Crippen molar-refractivity contribution in [3.8, 4) is 0 Å². The number of hydrogen-bond acceptors (Lipinski definition) is 5. The van der Waals surface area contributed by atoms with E-state index in [9.17, 15) is 19.8 Å². The summed E-state index contributed by atoms with van der Waals surface area (Å²) in [6, 6.07) is -0.724. The minimum Gasteiger partial charge on any atom is -0.462 e. The second kappa shape index (κ2) is 48.6. The van der Waals surface area contributed by atoms with Crippen LogP contribution >= 0.6 is 0 Å². The number of rotatable bonds is 46.